The fourth-order valence-corrected chi connectivity index (χ4v) is 1.32. The quantitative estimate of drug-likeness (QED) is 0.509. The van der Waals surface area contributed by atoms with Crippen molar-refractivity contribution in [3.63, 3.8) is 0 Å². The van der Waals surface area contributed by atoms with Gasteiger partial charge < -0.3 is 19.7 Å². The first kappa shape index (κ1) is 16.8. The van der Waals surface area contributed by atoms with Crippen LogP contribution in [-0.4, -0.2) is 73.4 Å². The lowest BCUT2D eigenvalue weighted by Gasteiger charge is -2.20. The van der Waals surface area contributed by atoms with Gasteiger partial charge in [0, 0.05) is 13.1 Å². The second-order valence-electron chi connectivity index (χ2n) is 4.28. The minimum Gasteiger partial charge on any atom is -0.391 e. The average molecular weight is 249 g/mol. The van der Waals surface area contributed by atoms with E-state index in [0.717, 1.165) is 19.6 Å². The molecule has 0 saturated heterocycles. The summed E-state index contributed by atoms with van der Waals surface area (Å²) in [5.41, 5.74) is 0. The summed E-state index contributed by atoms with van der Waals surface area (Å²) in [6.45, 7) is 10.1. The lowest BCUT2D eigenvalue weighted by atomic mass is 10.4. The molecule has 0 aromatic heterocycles. The Balaban J connectivity index is 3.42. The third-order valence-corrected chi connectivity index (χ3v) is 2.27. The van der Waals surface area contributed by atoms with Crippen LogP contribution >= 0.6 is 0 Å². The average Bonchev–Trinajstić information content (AvgIpc) is 2.26. The topological polar surface area (TPSA) is 62.2 Å². The lowest BCUT2D eigenvalue weighted by molar-refractivity contribution is 0.0197. The highest BCUT2D eigenvalue weighted by Gasteiger charge is 2.03. The van der Waals surface area contributed by atoms with Crippen LogP contribution in [0.5, 0.6) is 0 Å². The molecule has 0 aliphatic rings. The van der Waals surface area contributed by atoms with Crippen LogP contribution in [0.3, 0.4) is 0 Å². The van der Waals surface area contributed by atoms with E-state index in [-0.39, 0.29) is 0 Å². The minimum absolute atomic E-state index is 0.385. The highest BCUT2D eigenvalue weighted by atomic mass is 16.5. The third kappa shape index (κ3) is 12.1. The number of aliphatic hydroxyl groups is 2. The van der Waals surface area contributed by atoms with Crippen molar-refractivity contribution in [3.8, 4) is 0 Å². The molecule has 0 aromatic carbocycles. The summed E-state index contributed by atoms with van der Waals surface area (Å²) >= 11 is 0. The number of hydrogen-bond donors (Lipinski definition) is 2. The van der Waals surface area contributed by atoms with Crippen molar-refractivity contribution in [1.29, 1.82) is 0 Å². The molecule has 2 N–H and O–H groups in total. The molecule has 17 heavy (non-hydrogen) atoms. The van der Waals surface area contributed by atoms with E-state index in [2.05, 4.69) is 11.8 Å². The monoisotopic (exact) mass is 249 g/mol. The number of likely N-dealkylation sites (N-methyl/N-ethyl adjacent to an activating group) is 1. The Morgan fingerprint density at radius 1 is 0.941 bits per heavy atom. The van der Waals surface area contributed by atoms with Gasteiger partial charge in [-0.25, -0.2) is 0 Å². The molecule has 0 aromatic rings. The number of rotatable bonds is 11. The Morgan fingerprint density at radius 2 is 1.35 bits per heavy atom. The molecule has 0 heterocycles. The van der Waals surface area contributed by atoms with Gasteiger partial charge in [0.15, 0.2) is 0 Å². The predicted octanol–water partition coefficient (Wildman–Crippen LogP) is 0.103. The van der Waals surface area contributed by atoms with Crippen LogP contribution in [0, 0.1) is 0 Å². The zero-order valence-electron chi connectivity index (χ0n) is 11.3. The summed E-state index contributed by atoms with van der Waals surface area (Å²) in [5, 5.41) is 18.0. The normalized spacial score (nSPS) is 15.2. The van der Waals surface area contributed by atoms with E-state index in [9.17, 15) is 0 Å². The molecule has 104 valence electrons. The van der Waals surface area contributed by atoms with Crippen molar-refractivity contribution < 1.29 is 19.7 Å². The summed E-state index contributed by atoms with van der Waals surface area (Å²) in [6.07, 6.45) is -0.807. The van der Waals surface area contributed by atoms with Crippen LogP contribution in [0.15, 0.2) is 0 Å². The van der Waals surface area contributed by atoms with Crippen LogP contribution in [0.25, 0.3) is 0 Å². The van der Waals surface area contributed by atoms with E-state index >= 15 is 0 Å². The molecule has 2 atom stereocenters. The molecule has 0 radical (unpaired) electrons. The van der Waals surface area contributed by atoms with E-state index in [0.29, 0.717) is 26.4 Å². The van der Waals surface area contributed by atoms with E-state index in [1.165, 1.54) is 0 Å². The van der Waals surface area contributed by atoms with E-state index in [1.807, 2.05) is 0 Å². The molecular formula is C12H27NO4. The van der Waals surface area contributed by atoms with Crippen molar-refractivity contribution in [2.24, 2.45) is 0 Å². The second-order valence-corrected chi connectivity index (χ2v) is 4.28. The molecule has 0 rings (SSSR count). The first-order chi connectivity index (χ1) is 8.06. The van der Waals surface area contributed by atoms with Gasteiger partial charge in [-0.2, -0.15) is 0 Å². The summed E-state index contributed by atoms with van der Waals surface area (Å²) in [6, 6.07) is 0. The summed E-state index contributed by atoms with van der Waals surface area (Å²) in [7, 11) is 0. The van der Waals surface area contributed by atoms with Crippen LogP contribution in [0.4, 0.5) is 0 Å². The van der Waals surface area contributed by atoms with Gasteiger partial charge in [-0.1, -0.05) is 6.92 Å². The van der Waals surface area contributed by atoms with E-state index < -0.39 is 12.2 Å². The number of hydrogen-bond acceptors (Lipinski definition) is 5. The van der Waals surface area contributed by atoms with Gasteiger partial charge in [0.1, 0.15) is 0 Å². The molecular weight excluding hydrogens is 222 g/mol. The Hall–Kier alpha value is -0.200. The molecule has 0 saturated carbocycles. The molecule has 2 unspecified atom stereocenters. The lowest BCUT2D eigenvalue weighted by Crippen LogP contribution is -2.32. The van der Waals surface area contributed by atoms with Crippen LogP contribution in [0.2, 0.25) is 0 Å². The molecule has 0 bridgehead atoms. The Labute approximate surface area is 104 Å². The Kier molecular flexibility index (Phi) is 10.8. The molecule has 0 spiro atoms. The van der Waals surface area contributed by atoms with Crippen LogP contribution in [0.1, 0.15) is 20.8 Å². The molecule has 0 amide bonds. The highest BCUT2D eigenvalue weighted by molar-refractivity contribution is 4.55. The SMILES string of the molecule is CCN(CCOCC(C)O)CCOCC(C)O. The van der Waals surface area contributed by atoms with Crippen molar-refractivity contribution in [3.05, 3.63) is 0 Å². The smallest absolute Gasteiger partial charge is 0.0745 e. The zero-order chi connectivity index (χ0) is 13.1. The minimum atomic E-state index is -0.403. The second kappa shape index (κ2) is 10.9. The van der Waals surface area contributed by atoms with Crippen LogP contribution in [-0.2, 0) is 9.47 Å². The Morgan fingerprint density at radius 3 is 1.65 bits per heavy atom. The maximum atomic E-state index is 9.02. The molecule has 0 fully saturated rings. The molecule has 0 aliphatic heterocycles. The summed E-state index contributed by atoms with van der Waals surface area (Å²) < 4.78 is 10.6. The maximum absolute atomic E-state index is 9.02. The van der Waals surface area contributed by atoms with Gasteiger partial charge in [-0.05, 0) is 20.4 Å². The van der Waals surface area contributed by atoms with E-state index in [1.54, 1.807) is 13.8 Å². The first-order valence-corrected chi connectivity index (χ1v) is 6.30. The van der Waals surface area contributed by atoms with E-state index in [4.69, 9.17) is 19.7 Å². The van der Waals surface area contributed by atoms with Crippen molar-refractivity contribution in [1.82, 2.24) is 4.90 Å². The van der Waals surface area contributed by atoms with Crippen molar-refractivity contribution in [2.45, 2.75) is 33.0 Å². The standard InChI is InChI=1S/C12H27NO4/c1-4-13(5-7-16-9-11(2)14)6-8-17-10-12(3)15/h11-12,14-15H,4-10H2,1-3H3. The zero-order valence-corrected chi connectivity index (χ0v) is 11.3. The van der Waals surface area contributed by atoms with Crippen molar-refractivity contribution >= 4 is 0 Å². The predicted molar refractivity (Wildman–Crippen MR) is 67.1 cm³/mol. The molecule has 5 heteroatoms. The molecule has 5 nitrogen and oxygen atoms in total. The summed E-state index contributed by atoms with van der Waals surface area (Å²) in [4.78, 5) is 2.21. The van der Waals surface area contributed by atoms with Gasteiger partial charge in [-0.15, -0.1) is 0 Å². The number of nitrogens with zero attached hydrogens (tertiary/aromatic N) is 1. The first-order valence-electron chi connectivity index (χ1n) is 6.30. The number of ether oxygens (including phenoxy) is 2. The summed E-state index contributed by atoms with van der Waals surface area (Å²) in [5.74, 6) is 0. The fraction of sp³-hybridized carbons (Fsp3) is 1.00. The Bertz CT molecular complexity index is 149. The number of aliphatic hydroxyl groups excluding tert-OH is 2. The van der Waals surface area contributed by atoms with Gasteiger partial charge in [0.25, 0.3) is 0 Å². The van der Waals surface area contributed by atoms with Crippen LogP contribution < -0.4 is 0 Å². The largest absolute Gasteiger partial charge is 0.391 e. The van der Waals surface area contributed by atoms with Gasteiger partial charge >= 0.3 is 0 Å². The van der Waals surface area contributed by atoms with Gasteiger partial charge in [0.2, 0.25) is 0 Å². The van der Waals surface area contributed by atoms with Gasteiger partial charge in [0.05, 0.1) is 38.6 Å². The van der Waals surface area contributed by atoms with Crippen molar-refractivity contribution in [2.75, 3.05) is 46.1 Å². The van der Waals surface area contributed by atoms with Gasteiger partial charge in [-0.3, -0.25) is 4.90 Å². The third-order valence-electron chi connectivity index (χ3n) is 2.27. The maximum Gasteiger partial charge on any atom is 0.0745 e. The molecule has 0 aliphatic carbocycles. The highest BCUT2D eigenvalue weighted by Crippen LogP contribution is 1.91. The fourth-order valence-electron chi connectivity index (χ4n) is 1.32.